The second-order valence-electron chi connectivity index (χ2n) is 6.17. The lowest BCUT2D eigenvalue weighted by atomic mass is 9.85. The van der Waals surface area contributed by atoms with Gasteiger partial charge in [0.15, 0.2) is 0 Å². The smallest absolute Gasteiger partial charge is 0.227 e. The molecule has 0 saturated heterocycles. The zero-order valence-corrected chi connectivity index (χ0v) is 14.2. The van der Waals surface area contributed by atoms with Crippen molar-refractivity contribution >= 4 is 11.6 Å². The number of nitrogens with one attached hydrogen (secondary N) is 1. The van der Waals surface area contributed by atoms with Gasteiger partial charge in [0.1, 0.15) is 0 Å². The molecule has 4 atom stereocenters. The number of hydrogen-bond donors (Lipinski definition) is 1. The van der Waals surface area contributed by atoms with Gasteiger partial charge in [-0.2, -0.15) is 0 Å². The lowest BCUT2D eigenvalue weighted by Gasteiger charge is -2.21. The summed E-state index contributed by atoms with van der Waals surface area (Å²) in [6, 6.07) is 9.72. The maximum absolute atomic E-state index is 12.2. The van der Waals surface area contributed by atoms with Crippen LogP contribution in [0.15, 0.2) is 30.3 Å². The van der Waals surface area contributed by atoms with E-state index in [-0.39, 0.29) is 11.8 Å². The van der Waals surface area contributed by atoms with Gasteiger partial charge in [0.05, 0.1) is 0 Å². The summed E-state index contributed by atoms with van der Waals surface area (Å²) in [5, 5.41) is 3.00. The summed E-state index contributed by atoms with van der Waals surface area (Å²) in [6.45, 7) is 10.7. The first kappa shape index (κ1) is 17.7. The maximum Gasteiger partial charge on any atom is 0.227 e. The SMILES string of the molecule is CC.C[C@H]1[C@@H](C[C@H](C)C(=O)Nc2ccccc2)CC[C@H]1C. The summed E-state index contributed by atoms with van der Waals surface area (Å²) in [7, 11) is 0. The van der Waals surface area contributed by atoms with Crippen LogP contribution in [0.4, 0.5) is 5.69 Å². The van der Waals surface area contributed by atoms with Crippen LogP contribution in [0, 0.1) is 23.7 Å². The summed E-state index contributed by atoms with van der Waals surface area (Å²) >= 11 is 0. The highest BCUT2D eigenvalue weighted by molar-refractivity contribution is 5.92. The molecule has 118 valence electrons. The first-order valence-electron chi connectivity index (χ1n) is 8.44. The fourth-order valence-corrected chi connectivity index (χ4v) is 3.15. The first-order valence-corrected chi connectivity index (χ1v) is 8.44. The third-order valence-corrected chi connectivity index (χ3v) is 4.78. The largest absolute Gasteiger partial charge is 0.326 e. The average Bonchev–Trinajstić information content (AvgIpc) is 2.82. The van der Waals surface area contributed by atoms with Gasteiger partial charge in [-0.3, -0.25) is 4.79 Å². The molecular formula is C19H31NO. The molecule has 1 aliphatic rings. The molecule has 1 aliphatic carbocycles. The Morgan fingerprint density at radius 1 is 1.19 bits per heavy atom. The quantitative estimate of drug-likeness (QED) is 0.794. The molecule has 2 heteroatoms. The van der Waals surface area contributed by atoms with Crippen molar-refractivity contribution in [1.82, 2.24) is 0 Å². The molecule has 0 aliphatic heterocycles. The highest BCUT2D eigenvalue weighted by Gasteiger charge is 2.31. The molecule has 1 saturated carbocycles. The van der Waals surface area contributed by atoms with E-state index in [9.17, 15) is 4.79 Å². The molecule has 1 aromatic rings. The van der Waals surface area contributed by atoms with Crippen LogP contribution in [-0.4, -0.2) is 5.91 Å². The predicted molar refractivity (Wildman–Crippen MR) is 91.3 cm³/mol. The van der Waals surface area contributed by atoms with Gasteiger partial charge in [-0.15, -0.1) is 0 Å². The normalized spacial score (nSPS) is 25.7. The molecule has 2 nitrogen and oxygen atoms in total. The van der Waals surface area contributed by atoms with Crippen LogP contribution in [0.3, 0.4) is 0 Å². The standard InChI is InChI=1S/C17H25NO.C2H6/c1-12-9-10-15(14(12)3)11-13(2)17(19)18-16-7-5-4-6-8-16;1-2/h4-8,12-15H,9-11H2,1-3H3,(H,18,19);1-2H3/t12-,13+,14-,15-;/m1./s1. The van der Waals surface area contributed by atoms with Gasteiger partial charge in [0.25, 0.3) is 0 Å². The van der Waals surface area contributed by atoms with Gasteiger partial charge >= 0.3 is 0 Å². The average molecular weight is 289 g/mol. The molecule has 1 aromatic carbocycles. The number of rotatable bonds is 4. The van der Waals surface area contributed by atoms with Gasteiger partial charge in [-0.05, 0) is 42.7 Å². The summed E-state index contributed by atoms with van der Waals surface area (Å²) in [5.41, 5.74) is 0.896. The molecule has 0 unspecified atom stereocenters. The Labute approximate surface area is 130 Å². The topological polar surface area (TPSA) is 29.1 Å². The number of carbonyl (C=O) groups is 1. The summed E-state index contributed by atoms with van der Waals surface area (Å²) < 4.78 is 0. The van der Waals surface area contributed by atoms with Crippen molar-refractivity contribution in [2.24, 2.45) is 23.7 Å². The Balaban J connectivity index is 0.00000106. The van der Waals surface area contributed by atoms with E-state index in [1.165, 1.54) is 12.8 Å². The van der Waals surface area contributed by atoms with E-state index in [1.807, 2.05) is 51.1 Å². The Morgan fingerprint density at radius 2 is 1.81 bits per heavy atom. The minimum atomic E-state index is 0.0953. The Hall–Kier alpha value is -1.31. The predicted octanol–water partition coefficient (Wildman–Crippen LogP) is 5.36. The summed E-state index contributed by atoms with van der Waals surface area (Å²) in [4.78, 5) is 12.2. The fourth-order valence-electron chi connectivity index (χ4n) is 3.15. The monoisotopic (exact) mass is 289 g/mol. The summed E-state index contributed by atoms with van der Waals surface area (Å²) in [6.07, 6.45) is 3.62. The van der Waals surface area contributed by atoms with Crippen molar-refractivity contribution < 1.29 is 4.79 Å². The van der Waals surface area contributed by atoms with Crippen molar-refractivity contribution in [3.8, 4) is 0 Å². The highest BCUT2D eigenvalue weighted by Crippen LogP contribution is 2.39. The zero-order valence-electron chi connectivity index (χ0n) is 14.2. The second-order valence-corrected chi connectivity index (χ2v) is 6.17. The number of amides is 1. The lowest BCUT2D eigenvalue weighted by molar-refractivity contribution is -0.120. The van der Waals surface area contributed by atoms with E-state index in [1.54, 1.807) is 0 Å². The van der Waals surface area contributed by atoms with Crippen LogP contribution < -0.4 is 5.32 Å². The van der Waals surface area contributed by atoms with Gasteiger partial charge in [-0.25, -0.2) is 0 Å². The van der Waals surface area contributed by atoms with Crippen LogP contribution in [0.25, 0.3) is 0 Å². The van der Waals surface area contributed by atoms with E-state index in [0.29, 0.717) is 5.92 Å². The number of carbonyl (C=O) groups excluding carboxylic acids is 1. The molecule has 1 amide bonds. The van der Waals surface area contributed by atoms with E-state index >= 15 is 0 Å². The van der Waals surface area contributed by atoms with Gasteiger partial charge in [0.2, 0.25) is 5.91 Å². The van der Waals surface area contributed by atoms with E-state index in [2.05, 4.69) is 19.2 Å². The van der Waals surface area contributed by atoms with E-state index in [4.69, 9.17) is 0 Å². The van der Waals surface area contributed by atoms with Crippen LogP contribution >= 0.6 is 0 Å². The second kappa shape index (κ2) is 8.86. The number of hydrogen-bond acceptors (Lipinski definition) is 1. The first-order chi connectivity index (χ1) is 10.1. The number of para-hydroxylation sites is 1. The molecule has 1 fully saturated rings. The van der Waals surface area contributed by atoms with Crippen LogP contribution in [0.2, 0.25) is 0 Å². The number of benzene rings is 1. The molecule has 0 spiro atoms. The molecule has 1 N–H and O–H groups in total. The van der Waals surface area contributed by atoms with Crippen molar-refractivity contribution in [2.75, 3.05) is 5.32 Å². The third-order valence-electron chi connectivity index (χ3n) is 4.78. The highest BCUT2D eigenvalue weighted by atomic mass is 16.1. The van der Waals surface area contributed by atoms with Gasteiger partial charge < -0.3 is 5.32 Å². The van der Waals surface area contributed by atoms with Gasteiger partial charge in [-0.1, -0.05) is 59.2 Å². The molecule has 0 aromatic heterocycles. The third kappa shape index (κ3) is 5.18. The van der Waals surface area contributed by atoms with E-state index in [0.717, 1.165) is 23.9 Å². The van der Waals surface area contributed by atoms with Crippen molar-refractivity contribution in [3.05, 3.63) is 30.3 Å². The maximum atomic E-state index is 12.2. The van der Waals surface area contributed by atoms with Crippen molar-refractivity contribution in [3.63, 3.8) is 0 Å². The molecular weight excluding hydrogens is 258 g/mol. The van der Waals surface area contributed by atoms with Gasteiger partial charge in [0, 0.05) is 11.6 Å². The van der Waals surface area contributed by atoms with E-state index < -0.39 is 0 Å². The number of anilines is 1. The fraction of sp³-hybridized carbons (Fsp3) is 0.632. The Kier molecular flexibility index (Phi) is 7.49. The lowest BCUT2D eigenvalue weighted by Crippen LogP contribution is -2.24. The van der Waals surface area contributed by atoms with Crippen LogP contribution in [0.5, 0.6) is 0 Å². The van der Waals surface area contributed by atoms with Crippen molar-refractivity contribution in [1.29, 1.82) is 0 Å². The zero-order chi connectivity index (χ0) is 15.8. The summed E-state index contributed by atoms with van der Waals surface area (Å²) in [5.74, 6) is 2.53. The van der Waals surface area contributed by atoms with Crippen molar-refractivity contribution in [2.45, 2.75) is 53.9 Å². The Morgan fingerprint density at radius 3 is 2.33 bits per heavy atom. The van der Waals surface area contributed by atoms with Crippen LogP contribution in [0.1, 0.15) is 53.9 Å². The van der Waals surface area contributed by atoms with Crippen LogP contribution in [-0.2, 0) is 4.79 Å². The molecule has 0 radical (unpaired) electrons. The molecule has 21 heavy (non-hydrogen) atoms. The minimum absolute atomic E-state index is 0.0953. The Bertz CT molecular complexity index is 415. The molecule has 0 bridgehead atoms. The minimum Gasteiger partial charge on any atom is -0.326 e. The molecule has 2 rings (SSSR count). The molecule has 0 heterocycles.